The molecule has 1 saturated heterocycles. The summed E-state index contributed by atoms with van der Waals surface area (Å²) in [7, 11) is -3.44. The number of ether oxygens (including phenoxy) is 2. The van der Waals surface area contributed by atoms with Crippen molar-refractivity contribution in [2.24, 2.45) is 0 Å². The Kier molecular flexibility index (Phi) is 8.42. The molecule has 0 aliphatic carbocycles. The molecule has 1 fully saturated rings. The third-order valence-corrected chi connectivity index (χ3v) is 24.2. The average Bonchev–Trinajstić information content (AvgIpc) is 2.75. The summed E-state index contributed by atoms with van der Waals surface area (Å²) in [6, 6.07) is 16.7. The van der Waals surface area contributed by atoms with Gasteiger partial charge in [0, 0.05) is 23.5 Å². The third kappa shape index (κ3) is 5.81. The Morgan fingerprint density at radius 3 is 1.71 bits per heavy atom. The van der Waals surface area contributed by atoms with E-state index < -0.39 is 21.0 Å². The van der Waals surface area contributed by atoms with E-state index in [-0.39, 0.29) is 12.2 Å². The Bertz CT molecular complexity index is 893. The zero-order chi connectivity index (χ0) is 25.0. The van der Waals surface area contributed by atoms with Gasteiger partial charge in [0.15, 0.2) is 7.83 Å². The minimum Gasteiger partial charge on any atom is -0.487 e. The van der Waals surface area contributed by atoms with E-state index in [1.807, 2.05) is 48.5 Å². The van der Waals surface area contributed by atoms with E-state index in [1.54, 1.807) is 0 Å². The van der Waals surface area contributed by atoms with E-state index in [0.29, 0.717) is 11.4 Å². The molecule has 1 aliphatic heterocycles. The molecular weight excluding hydrogens is 456 g/mol. The molecule has 188 valence electrons. The molecule has 0 amide bonds. The summed E-state index contributed by atoms with van der Waals surface area (Å²) < 4.78 is 20.9. The van der Waals surface area contributed by atoms with Gasteiger partial charge in [-0.1, -0.05) is 58.0 Å². The molecule has 3 rings (SSSR count). The Balaban J connectivity index is 2.08. The number of anilines is 2. The maximum atomic E-state index is 7.40. The van der Waals surface area contributed by atoms with Crippen LogP contribution in [0.3, 0.4) is 0 Å². The van der Waals surface area contributed by atoms with Crippen LogP contribution in [0.2, 0.25) is 32.2 Å². The van der Waals surface area contributed by atoms with E-state index >= 15 is 0 Å². The molecule has 2 atom stereocenters. The number of nitrogen functional groups attached to an aromatic ring is 2. The predicted octanol–water partition coefficient (Wildman–Crippen LogP) is 6.80. The van der Waals surface area contributed by atoms with Gasteiger partial charge < -0.3 is 25.4 Å². The van der Waals surface area contributed by atoms with Gasteiger partial charge in [0.1, 0.15) is 29.3 Å². The first-order valence-corrected chi connectivity index (χ1v) is 19.9. The van der Waals surface area contributed by atoms with Crippen LogP contribution in [0.1, 0.15) is 46.0 Å². The van der Waals surface area contributed by atoms with Gasteiger partial charge in [0.2, 0.25) is 0 Å². The fourth-order valence-electron chi connectivity index (χ4n) is 4.97. The monoisotopic (exact) mass is 500 g/mol. The zero-order valence-corrected chi connectivity index (χ0v) is 23.9. The first-order valence-electron chi connectivity index (χ1n) is 12.8. The van der Waals surface area contributed by atoms with Crippen molar-refractivity contribution in [2.75, 3.05) is 11.5 Å². The van der Waals surface area contributed by atoms with Crippen molar-refractivity contribution < 1.29 is 13.9 Å². The van der Waals surface area contributed by atoms with E-state index in [2.05, 4.69) is 40.0 Å². The fourth-order valence-corrected chi connectivity index (χ4v) is 11.8. The SMILES string of the molecule is CCCC(Oc1cccc(N)c1)C1(C(CCC)Oc2cccc(N)c2)CC[Si](C)(C)[Si](C)(C)O1. The number of rotatable bonds is 10. The molecule has 5 nitrogen and oxygen atoms in total. The lowest BCUT2D eigenvalue weighted by Gasteiger charge is -2.56. The molecule has 2 aromatic carbocycles. The van der Waals surface area contributed by atoms with E-state index in [0.717, 1.165) is 43.6 Å². The Morgan fingerprint density at radius 1 is 0.853 bits per heavy atom. The minimum absolute atomic E-state index is 0.131. The van der Waals surface area contributed by atoms with Crippen molar-refractivity contribution in [3.05, 3.63) is 48.5 Å². The van der Waals surface area contributed by atoms with Gasteiger partial charge in [-0.3, -0.25) is 0 Å². The standard InChI is InChI=1S/C27H44N2O3Si2/c1-7-11-25(30-23-15-9-13-21(28)19-23)27(17-18-33(3,4)34(5,6)32-27)26(12-8-2)31-24-16-10-14-22(29)20-24/h9-10,13-16,19-20,25-26H,7-8,11-12,17-18,28-29H2,1-6H3. The van der Waals surface area contributed by atoms with Gasteiger partial charge in [-0.25, -0.2) is 0 Å². The van der Waals surface area contributed by atoms with Crippen molar-refractivity contribution in [2.45, 2.75) is 96.0 Å². The van der Waals surface area contributed by atoms with Crippen LogP contribution in [0.4, 0.5) is 11.4 Å². The highest BCUT2D eigenvalue weighted by Crippen LogP contribution is 2.46. The third-order valence-electron chi connectivity index (χ3n) is 7.68. The zero-order valence-electron chi connectivity index (χ0n) is 21.9. The molecule has 0 bridgehead atoms. The number of hydrogen-bond acceptors (Lipinski definition) is 5. The molecule has 1 heterocycles. The second-order valence-corrected chi connectivity index (χ2v) is 26.1. The van der Waals surface area contributed by atoms with Crippen LogP contribution in [-0.2, 0) is 4.43 Å². The second-order valence-electron chi connectivity index (χ2n) is 10.9. The molecule has 7 heteroatoms. The highest BCUT2D eigenvalue weighted by atomic mass is 29.3. The molecular formula is C27H44N2O3Si2. The molecule has 34 heavy (non-hydrogen) atoms. The predicted molar refractivity (Wildman–Crippen MR) is 149 cm³/mol. The topological polar surface area (TPSA) is 79.7 Å². The quantitative estimate of drug-likeness (QED) is 0.277. The average molecular weight is 501 g/mol. The normalized spacial score (nSPS) is 23.1. The van der Waals surface area contributed by atoms with Crippen LogP contribution in [0, 0.1) is 0 Å². The Morgan fingerprint density at radius 2 is 1.32 bits per heavy atom. The van der Waals surface area contributed by atoms with Gasteiger partial charge in [-0.2, -0.15) is 0 Å². The summed E-state index contributed by atoms with van der Waals surface area (Å²) >= 11 is 0. The largest absolute Gasteiger partial charge is 0.487 e. The van der Waals surface area contributed by atoms with Crippen molar-refractivity contribution in [3.63, 3.8) is 0 Å². The lowest BCUT2D eigenvalue weighted by Crippen LogP contribution is -2.72. The van der Waals surface area contributed by atoms with Crippen LogP contribution in [-0.4, -0.2) is 33.2 Å². The van der Waals surface area contributed by atoms with Crippen molar-refractivity contribution in [1.29, 1.82) is 0 Å². The van der Waals surface area contributed by atoms with Gasteiger partial charge >= 0.3 is 0 Å². The number of benzene rings is 2. The second kappa shape index (κ2) is 10.7. The summed E-state index contributed by atoms with van der Waals surface area (Å²) in [6.07, 6.45) is 4.46. The summed E-state index contributed by atoms with van der Waals surface area (Å²) in [6.45, 7) is 14.2. The van der Waals surface area contributed by atoms with Crippen molar-refractivity contribution in [3.8, 4) is 11.5 Å². The molecule has 0 radical (unpaired) electrons. The van der Waals surface area contributed by atoms with Gasteiger partial charge in [0.05, 0.1) is 7.59 Å². The van der Waals surface area contributed by atoms with Gasteiger partial charge in [-0.15, -0.1) is 0 Å². The van der Waals surface area contributed by atoms with Crippen LogP contribution in [0.5, 0.6) is 11.5 Å². The van der Waals surface area contributed by atoms with Gasteiger partial charge in [-0.05, 0) is 56.6 Å². The van der Waals surface area contributed by atoms with E-state index in [4.69, 9.17) is 25.4 Å². The van der Waals surface area contributed by atoms with Gasteiger partial charge in [0.25, 0.3) is 0 Å². The minimum atomic E-state index is -1.96. The summed E-state index contributed by atoms with van der Waals surface area (Å²) in [5.41, 5.74) is 13.1. The molecule has 2 unspecified atom stereocenters. The number of nitrogens with two attached hydrogens (primary N) is 2. The summed E-state index contributed by atoms with van der Waals surface area (Å²) in [5, 5.41) is 0. The smallest absolute Gasteiger partial charge is 0.175 e. The van der Waals surface area contributed by atoms with Crippen LogP contribution in [0.25, 0.3) is 0 Å². The maximum Gasteiger partial charge on any atom is 0.175 e. The first kappa shape index (κ1) is 26.6. The maximum absolute atomic E-state index is 7.40. The highest BCUT2D eigenvalue weighted by Gasteiger charge is 2.60. The number of hydrogen-bond donors (Lipinski definition) is 2. The van der Waals surface area contributed by atoms with E-state index in [9.17, 15) is 0 Å². The molecule has 0 spiro atoms. The lowest BCUT2D eigenvalue weighted by molar-refractivity contribution is -0.123. The first-order chi connectivity index (χ1) is 16.0. The lowest BCUT2D eigenvalue weighted by atomic mass is 9.82. The fraction of sp³-hybridized carbons (Fsp3) is 0.556. The molecule has 1 aliphatic rings. The molecule has 0 aromatic heterocycles. The molecule has 2 aromatic rings. The summed E-state index contributed by atoms with van der Waals surface area (Å²) in [5.74, 6) is 1.59. The van der Waals surface area contributed by atoms with Crippen LogP contribution >= 0.6 is 0 Å². The summed E-state index contributed by atoms with van der Waals surface area (Å²) in [4.78, 5) is 0. The molecule has 4 N–H and O–H groups in total. The Hall–Kier alpha value is -1.97. The van der Waals surface area contributed by atoms with E-state index in [1.165, 1.54) is 6.04 Å². The highest BCUT2D eigenvalue weighted by molar-refractivity contribution is 7.38. The van der Waals surface area contributed by atoms with Crippen LogP contribution < -0.4 is 20.9 Å². The Labute approximate surface area is 208 Å². The van der Waals surface area contributed by atoms with Crippen LogP contribution in [0.15, 0.2) is 48.5 Å². The molecule has 0 saturated carbocycles. The van der Waals surface area contributed by atoms with Crippen molar-refractivity contribution >= 4 is 26.8 Å². The van der Waals surface area contributed by atoms with Crippen molar-refractivity contribution in [1.82, 2.24) is 0 Å².